The second-order valence-corrected chi connectivity index (χ2v) is 6.24. The molecule has 0 spiro atoms. The Kier molecular flexibility index (Phi) is 4.52. The zero-order valence-corrected chi connectivity index (χ0v) is 11.9. The molecule has 2 aromatic carbocycles. The predicted molar refractivity (Wildman–Crippen MR) is 76.9 cm³/mol. The Bertz CT molecular complexity index is 544. The van der Waals surface area contributed by atoms with Crippen molar-refractivity contribution in [3.63, 3.8) is 0 Å². The summed E-state index contributed by atoms with van der Waals surface area (Å²) in [6.45, 7) is 1.60. The Balaban J connectivity index is 2.31. The molecule has 0 saturated heterocycles. The van der Waals surface area contributed by atoms with Gasteiger partial charge < -0.3 is 0 Å². The van der Waals surface area contributed by atoms with Crippen molar-refractivity contribution in [3.8, 4) is 0 Å². The van der Waals surface area contributed by atoms with Crippen LogP contribution in [0.5, 0.6) is 0 Å². The van der Waals surface area contributed by atoms with Gasteiger partial charge in [-0.15, -0.1) is 0 Å². The first-order valence-electron chi connectivity index (χ1n) is 5.76. The second-order valence-electron chi connectivity index (χ2n) is 3.90. The van der Waals surface area contributed by atoms with Gasteiger partial charge in [-0.2, -0.15) is 0 Å². The van der Waals surface area contributed by atoms with Crippen LogP contribution in [0.3, 0.4) is 0 Å². The van der Waals surface area contributed by atoms with Crippen molar-refractivity contribution in [2.45, 2.75) is 6.92 Å². The number of hydrogen-bond donors (Lipinski definition) is 0. The normalized spacial score (nSPS) is 11.3. The van der Waals surface area contributed by atoms with Crippen LogP contribution >= 0.6 is 0 Å². The molecule has 0 aliphatic rings. The first-order valence-corrected chi connectivity index (χ1v) is 7.47. The van der Waals surface area contributed by atoms with Crippen LogP contribution < -0.4 is 4.46 Å². The van der Waals surface area contributed by atoms with E-state index in [-0.39, 0.29) is 20.7 Å². The molecule has 18 heavy (non-hydrogen) atoms. The van der Waals surface area contributed by atoms with E-state index < -0.39 is 0 Å². The number of ketones is 1. The summed E-state index contributed by atoms with van der Waals surface area (Å²) in [5, 5.41) is 0. The predicted octanol–water partition coefficient (Wildman–Crippen LogP) is 2.65. The van der Waals surface area contributed by atoms with Gasteiger partial charge in [-0.1, -0.05) is 0 Å². The van der Waals surface area contributed by atoms with Gasteiger partial charge in [0.25, 0.3) is 0 Å². The van der Waals surface area contributed by atoms with Gasteiger partial charge in [0.05, 0.1) is 0 Å². The van der Waals surface area contributed by atoms with Crippen molar-refractivity contribution in [1.29, 1.82) is 0 Å². The summed E-state index contributed by atoms with van der Waals surface area (Å²) in [4.78, 5) is 11.4. The molecule has 0 aliphatic carbocycles. The molecule has 0 bridgehead atoms. The number of hydrogen-bond acceptors (Lipinski definition) is 1. The molecule has 2 rings (SSSR count). The third-order valence-corrected chi connectivity index (χ3v) is 4.63. The Morgan fingerprint density at radius 2 is 1.50 bits per heavy atom. The van der Waals surface area contributed by atoms with E-state index in [4.69, 9.17) is 0 Å². The van der Waals surface area contributed by atoms with Crippen LogP contribution in [0.4, 0.5) is 0 Å². The maximum atomic E-state index is 11.4. The maximum absolute atomic E-state index is 11.4. The number of benzene rings is 2. The van der Waals surface area contributed by atoms with E-state index in [9.17, 15) is 4.79 Å². The Morgan fingerprint density at radius 3 is 2.06 bits per heavy atom. The Labute approximate surface area is 114 Å². The molecule has 2 heteroatoms. The SMILES string of the molecule is CC(=O)/C=C(\[Se]c1ccccc1)c1ccccc1. The van der Waals surface area contributed by atoms with E-state index >= 15 is 0 Å². The van der Waals surface area contributed by atoms with Crippen molar-refractivity contribution >= 4 is 29.7 Å². The number of carbonyl (C=O) groups excluding carboxylic acids is 1. The monoisotopic (exact) mass is 302 g/mol. The standard InChI is InChI=1S/C16H14OSe/c1-13(17)12-16(14-8-4-2-5-9-14)18-15-10-6-3-7-11-15/h2-12H,1H3/b16-12-. The van der Waals surface area contributed by atoms with E-state index in [0.717, 1.165) is 10.0 Å². The quantitative estimate of drug-likeness (QED) is 0.627. The third kappa shape index (κ3) is 3.69. The second kappa shape index (κ2) is 6.34. The first-order chi connectivity index (χ1) is 8.75. The van der Waals surface area contributed by atoms with Gasteiger partial charge in [0.1, 0.15) is 0 Å². The van der Waals surface area contributed by atoms with Crippen molar-refractivity contribution in [2.75, 3.05) is 0 Å². The molecule has 0 saturated carbocycles. The van der Waals surface area contributed by atoms with Gasteiger partial charge in [0.15, 0.2) is 0 Å². The van der Waals surface area contributed by atoms with Gasteiger partial charge in [-0.05, 0) is 0 Å². The van der Waals surface area contributed by atoms with Crippen LogP contribution in [-0.4, -0.2) is 20.7 Å². The molecule has 0 unspecified atom stereocenters. The fourth-order valence-corrected chi connectivity index (χ4v) is 3.73. The molecule has 0 atom stereocenters. The van der Waals surface area contributed by atoms with Crippen LogP contribution in [0.25, 0.3) is 4.47 Å². The third-order valence-electron chi connectivity index (χ3n) is 2.36. The molecule has 0 aromatic heterocycles. The fraction of sp³-hybridized carbons (Fsp3) is 0.0625. The molecular formula is C16H14OSe. The van der Waals surface area contributed by atoms with Gasteiger partial charge >= 0.3 is 114 Å². The topological polar surface area (TPSA) is 17.1 Å². The van der Waals surface area contributed by atoms with Crippen LogP contribution in [0.15, 0.2) is 66.7 Å². The Morgan fingerprint density at radius 1 is 0.944 bits per heavy atom. The average molecular weight is 301 g/mol. The summed E-state index contributed by atoms with van der Waals surface area (Å²) >= 11 is 0.161. The van der Waals surface area contributed by atoms with Gasteiger partial charge in [0.2, 0.25) is 0 Å². The first kappa shape index (κ1) is 12.8. The summed E-state index contributed by atoms with van der Waals surface area (Å²) in [5.74, 6) is 0.103. The van der Waals surface area contributed by atoms with Gasteiger partial charge in [-0.3, -0.25) is 0 Å². The molecule has 0 heterocycles. The molecule has 0 amide bonds. The molecule has 0 fully saturated rings. The van der Waals surface area contributed by atoms with Gasteiger partial charge in [0, 0.05) is 0 Å². The summed E-state index contributed by atoms with van der Waals surface area (Å²) in [5.41, 5.74) is 1.14. The number of carbonyl (C=O) groups is 1. The average Bonchev–Trinajstić information content (AvgIpc) is 2.40. The van der Waals surface area contributed by atoms with Gasteiger partial charge in [-0.25, -0.2) is 0 Å². The molecular weight excluding hydrogens is 287 g/mol. The van der Waals surface area contributed by atoms with Crippen LogP contribution in [0.1, 0.15) is 12.5 Å². The Hall–Kier alpha value is -1.63. The van der Waals surface area contributed by atoms with Crippen molar-refractivity contribution in [1.82, 2.24) is 0 Å². The zero-order chi connectivity index (χ0) is 12.8. The molecule has 2 aromatic rings. The molecule has 1 nitrogen and oxygen atoms in total. The minimum atomic E-state index is 0.103. The summed E-state index contributed by atoms with van der Waals surface area (Å²) in [6, 6.07) is 20.4. The van der Waals surface area contributed by atoms with E-state index in [2.05, 4.69) is 24.3 Å². The van der Waals surface area contributed by atoms with E-state index in [1.54, 1.807) is 13.0 Å². The van der Waals surface area contributed by atoms with Crippen molar-refractivity contribution in [3.05, 3.63) is 72.3 Å². The van der Waals surface area contributed by atoms with Crippen LogP contribution in [0, 0.1) is 0 Å². The van der Waals surface area contributed by atoms with Crippen LogP contribution in [0.2, 0.25) is 0 Å². The van der Waals surface area contributed by atoms with E-state index in [1.165, 1.54) is 4.46 Å². The van der Waals surface area contributed by atoms with Crippen molar-refractivity contribution in [2.24, 2.45) is 0 Å². The molecule has 0 N–H and O–H groups in total. The summed E-state index contributed by atoms with van der Waals surface area (Å²) < 4.78 is 2.41. The minimum absolute atomic E-state index is 0.103. The summed E-state index contributed by atoms with van der Waals surface area (Å²) in [6.07, 6.45) is 1.75. The van der Waals surface area contributed by atoms with Crippen molar-refractivity contribution < 1.29 is 4.79 Å². The van der Waals surface area contributed by atoms with E-state index in [1.807, 2.05) is 36.4 Å². The van der Waals surface area contributed by atoms with E-state index in [0.29, 0.717) is 0 Å². The van der Waals surface area contributed by atoms with Crippen LogP contribution in [-0.2, 0) is 4.79 Å². The zero-order valence-electron chi connectivity index (χ0n) is 10.2. The number of allylic oxidation sites excluding steroid dienone is 1. The summed E-state index contributed by atoms with van der Waals surface area (Å²) in [7, 11) is 0. The molecule has 0 aliphatic heterocycles. The number of rotatable bonds is 4. The molecule has 90 valence electrons. The molecule has 0 radical (unpaired) electrons. The fourth-order valence-electron chi connectivity index (χ4n) is 1.57.